The van der Waals surface area contributed by atoms with Gasteiger partial charge in [-0.25, -0.2) is 4.98 Å². The molecule has 1 heterocycles. The first-order valence-corrected chi connectivity index (χ1v) is 5.22. The lowest BCUT2D eigenvalue weighted by molar-refractivity contribution is 0.698. The van der Waals surface area contributed by atoms with Gasteiger partial charge in [-0.1, -0.05) is 0 Å². The van der Waals surface area contributed by atoms with Crippen LogP contribution in [0.4, 0.5) is 0 Å². The maximum Gasteiger partial charge on any atom is 0.101 e. The minimum atomic E-state index is 0.568. The Bertz CT molecular complexity index is 320. The molecule has 1 nitrogen and oxygen atoms in total. The molecule has 0 spiro atoms. The maximum atomic E-state index is 4.44. The van der Waals surface area contributed by atoms with Crippen LogP contribution in [0.2, 0.25) is 0 Å². The van der Waals surface area contributed by atoms with E-state index in [0.29, 0.717) is 5.92 Å². The Morgan fingerprint density at radius 2 is 2.33 bits per heavy atom. The van der Waals surface area contributed by atoms with Gasteiger partial charge in [0.25, 0.3) is 0 Å². The van der Waals surface area contributed by atoms with Gasteiger partial charge in [-0.2, -0.15) is 0 Å². The Hall–Kier alpha value is -0.120. The first-order valence-electron chi connectivity index (χ1n) is 4.15. The summed E-state index contributed by atoms with van der Waals surface area (Å²) in [5.41, 5.74) is 4.10. The number of aromatic nitrogens is 1. The van der Waals surface area contributed by atoms with Crippen LogP contribution >= 0.6 is 22.6 Å². The van der Waals surface area contributed by atoms with Crippen LogP contribution in [0.15, 0.2) is 6.07 Å². The van der Waals surface area contributed by atoms with Crippen molar-refractivity contribution >= 4 is 22.6 Å². The third kappa shape index (κ3) is 1.37. The number of hydrogen-bond donors (Lipinski definition) is 0. The molecule has 0 fully saturated rings. The van der Waals surface area contributed by atoms with Crippen molar-refractivity contribution in [2.24, 2.45) is 5.92 Å². The zero-order chi connectivity index (χ0) is 8.72. The number of rotatable bonds is 0. The smallest absolute Gasteiger partial charge is 0.101 e. The van der Waals surface area contributed by atoms with Crippen molar-refractivity contribution in [3.63, 3.8) is 0 Å². The van der Waals surface area contributed by atoms with Gasteiger partial charge in [0.15, 0.2) is 0 Å². The minimum absolute atomic E-state index is 0.568. The van der Waals surface area contributed by atoms with E-state index in [2.05, 4.69) is 47.5 Å². The van der Waals surface area contributed by atoms with Crippen molar-refractivity contribution in [2.75, 3.05) is 0 Å². The molecule has 1 aromatic rings. The Labute approximate surface area is 86.7 Å². The van der Waals surface area contributed by atoms with Crippen molar-refractivity contribution in [3.8, 4) is 0 Å². The fourth-order valence-electron chi connectivity index (χ4n) is 1.86. The van der Waals surface area contributed by atoms with Gasteiger partial charge >= 0.3 is 0 Å². The van der Waals surface area contributed by atoms with E-state index in [9.17, 15) is 0 Å². The van der Waals surface area contributed by atoms with Gasteiger partial charge in [0.2, 0.25) is 0 Å². The van der Waals surface area contributed by atoms with Crippen LogP contribution in [0.5, 0.6) is 0 Å². The molecule has 0 saturated heterocycles. The molecule has 1 radical (unpaired) electrons. The van der Waals surface area contributed by atoms with Crippen molar-refractivity contribution in [1.82, 2.24) is 4.98 Å². The number of fused-ring (bicyclic) bond motifs is 1. The lowest BCUT2D eigenvalue weighted by Gasteiger charge is -2.02. The van der Waals surface area contributed by atoms with Crippen molar-refractivity contribution in [1.29, 1.82) is 0 Å². The van der Waals surface area contributed by atoms with E-state index in [1.54, 1.807) is 0 Å². The summed E-state index contributed by atoms with van der Waals surface area (Å²) >= 11 is 2.27. The van der Waals surface area contributed by atoms with Gasteiger partial charge in [-0.3, -0.25) is 0 Å². The third-order valence-electron chi connectivity index (χ3n) is 2.39. The second-order valence-corrected chi connectivity index (χ2v) is 4.55. The molecule has 63 valence electrons. The van der Waals surface area contributed by atoms with Gasteiger partial charge < -0.3 is 0 Å². The summed E-state index contributed by atoms with van der Waals surface area (Å²) < 4.78 is 1.11. The molecule has 0 saturated carbocycles. The first-order chi connectivity index (χ1) is 5.66. The summed E-state index contributed by atoms with van der Waals surface area (Å²) in [5, 5.41) is 0. The first kappa shape index (κ1) is 8.48. The van der Waals surface area contributed by atoms with Crippen LogP contribution in [0.1, 0.15) is 16.8 Å². The van der Waals surface area contributed by atoms with Crippen LogP contribution in [0.25, 0.3) is 0 Å². The number of halogens is 1. The number of nitrogens with zero attached hydrogens (tertiary/aromatic N) is 1. The lowest BCUT2D eigenvalue weighted by Crippen LogP contribution is -1.94. The summed E-state index contributed by atoms with van der Waals surface area (Å²) in [6.07, 6.45) is 2.25. The lowest BCUT2D eigenvalue weighted by atomic mass is 10.1. The normalized spacial score (nSPS) is 21.1. The predicted octanol–water partition coefficient (Wildman–Crippen LogP) is 2.54. The average Bonchev–Trinajstić information content (AvgIpc) is 2.29. The van der Waals surface area contributed by atoms with Crippen LogP contribution in [-0.4, -0.2) is 4.98 Å². The Balaban J connectivity index is 2.52. The van der Waals surface area contributed by atoms with Gasteiger partial charge in [0.1, 0.15) is 3.70 Å². The molecule has 12 heavy (non-hydrogen) atoms. The van der Waals surface area contributed by atoms with Crippen molar-refractivity contribution in [3.05, 3.63) is 33.5 Å². The number of aryl methyl sites for hydroxylation is 1. The maximum absolute atomic E-state index is 4.44. The highest BCUT2D eigenvalue weighted by Crippen LogP contribution is 2.28. The Morgan fingerprint density at radius 3 is 3.08 bits per heavy atom. The molecule has 2 rings (SSSR count). The molecule has 0 aliphatic heterocycles. The van der Waals surface area contributed by atoms with Gasteiger partial charge in [0, 0.05) is 5.69 Å². The van der Waals surface area contributed by atoms with Crippen LogP contribution in [-0.2, 0) is 12.8 Å². The fourth-order valence-corrected chi connectivity index (χ4v) is 2.59. The molecule has 0 bridgehead atoms. The van der Waals surface area contributed by atoms with Gasteiger partial charge in [0.05, 0.1) is 0 Å². The molecule has 2 heteroatoms. The summed E-state index contributed by atoms with van der Waals surface area (Å²) in [6.45, 7) is 6.19. The highest BCUT2D eigenvalue weighted by Gasteiger charge is 2.20. The number of hydrogen-bond acceptors (Lipinski definition) is 1. The van der Waals surface area contributed by atoms with Gasteiger partial charge in [-0.05, 0) is 72.4 Å². The predicted molar refractivity (Wildman–Crippen MR) is 57.9 cm³/mol. The molecule has 1 aliphatic carbocycles. The topological polar surface area (TPSA) is 12.9 Å². The minimum Gasteiger partial charge on any atom is -0.247 e. The fraction of sp³-hybridized carbons (Fsp3) is 0.400. The van der Waals surface area contributed by atoms with Crippen LogP contribution < -0.4 is 0 Å². The number of pyridine rings is 1. The molecule has 0 aromatic carbocycles. The van der Waals surface area contributed by atoms with E-state index in [1.165, 1.54) is 16.8 Å². The quantitative estimate of drug-likeness (QED) is 0.522. The van der Waals surface area contributed by atoms with E-state index < -0.39 is 0 Å². The van der Waals surface area contributed by atoms with E-state index in [0.717, 1.165) is 16.5 Å². The SMILES string of the molecule is [CH2]C1Cc2cc(I)nc(C)c2C1. The van der Waals surface area contributed by atoms with E-state index in [1.807, 2.05) is 0 Å². The molecule has 1 atom stereocenters. The summed E-state index contributed by atoms with van der Waals surface area (Å²) in [7, 11) is 0. The second-order valence-electron chi connectivity index (χ2n) is 3.44. The highest BCUT2D eigenvalue weighted by molar-refractivity contribution is 14.1. The Kier molecular flexibility index (Phi) is 2.10. The monoisotopic (exact) mass is 272 g/mol. The summed E-state index contributed by atoms with van der Waals surface area (Å²) in [4.78, 5) is 4.44. The molecular weight excluding hydrogens is 261 g/mol. The Morgan fingerprint density at radius 1 is 1.58 bits per heavy atom. The van der Waals surface area contributed by atoms with Crippen LogP contribution in [0.3, 0.4) is 0 Å². The van der Waals surface area contributed by atoms with E-state index >= 15 is 0 Å². The zero-order valence-electron chi connectivity index (χ0n) is 7.10. The largest absolute Gasteiger partial charge is 0.247 e. The second kappa shape index (κ2) is 2.98. The summed E-state index contributed by atoms with van der Waals surface area (Å²) in [5.74, 6) is 0.568. The zero-order valence-corrected chi connectivity index (χ0v) is 9.26. The standard InChI is InChI=1S/C10H11IN/c1-6-3-8-5-10(11)12-7(2)9(8)4-6/h5-6H,1,3-4H2,2H3. The molecule has 1 unspecified atom stereocenters. The molecule has 1 aromatic heterocycles. The average molecular weight is 272 g/mol. The van der Waals surface area contributed by atoms with E-state index in [-0.39, 0.29) is 0 Å². The molecule has 0 amide bonds. The van der Waals surface area contributed by atoms with Gasteiger partial charge in [-0.15, -0.1) is 0 Å². The molecule has 0 N–H and O–H groups in total. The third-order valence-corrected chi connectivity index (χ3v) is 2.95. The van der Waals surface area contributed by atoms with Crippen LogP contribution in [0, 0.1) is 23.5 Å². The molecule has 1 aliphatic rings. The van der Waals surface area contributed by atoms with E-state index in [4.69, 9.17) is 0 Å². The highest BCUT2D eigenvalue weighted by atomic mass is 127. The van der Waals surface area contributed by atoms with Crippen molar-refractivity contribution < 1.29 is 0 Å². The summed E-state index contributed by atoms with van der Waals surface area (Å²) in [6, 6.07) is 2.19. The van der Waals surface area contributed by atoms with Crippen molar-refractivity contribution in [2.45, 2.75) is 19.8 Å². The molecular formula is C10H11IN.